The predicted molar refractivity (Wildman–Crippen MR) is 130 cm³/mol. The van der Waals surface area contributed by atoms with E-state index >= 15 is 0 Å². The van der Waals surface area contributed by atoms with Gasteiger partial charge in [-0.1, -0.05) is 44.0 Å². The van der Waals surface area contributed by atoms with Crippen molar-refractivity contribution in [1.82, 2.24) is 4.90 Å². The molecular formula is C25H30ClNO6. The quantitative estimate of drug-likeness (QED) is 0.354. The van der Waals surface area contributed by atoms with E-state index < -0.39 is 11.6 Å². The van der Waals surface area contributed by atoms with Crippen LogP contribution in [-0.4, -0.2) is 43.4 Å². The van der Waals surface area contributed by atoms with Gasteiger partial charge < -0.3 is 23.9 Å². The Morgan fingerprint density at radius 3 is 2.33 bits per heavy atom. The molecule has 1 N–H and O–H groups in total. The lowest BCUT2D eigenvalue weighted by Crippen LogP contribution is -2.24. The SMILES string of the molecule is CC.CN1CCCCC1.COC(=O)Oc1cc(O)cc2oc(-c3ccccc3Cl)cc(=O)c12. The van der Waals surface area contributed by atoms with Crippen LogP contribution < -0.4 is 10.2 Å². The summed E-state index contributed by atoms with van der Waals surface area (Å²) in [6, 6.07) is 10.5. The lowest BCUT2D eigenvalue weighted by Gasteiger charge is -2.20. The molecule has 4 rings (SSSR count). The number of fused-ring (bicyclic) bond motifs is 1. The number of nitrogens with zero attached hydrogens (tertiary/aromatic N) is 1. The van der Waals surface area contributed by atoms with E-state index in [-0.39, 0.29) is 28.2 Å². The smallest absolute Gasteiger partial charge is 0.508 e. The Morgan fingerprint density at radius 2 is 1.76 bits per heavy atom. The first-order valence-electron chi connectivity index (χ1n) is 10.9. The molecule has 1 aliphatic heterocycles. The van der Waals surface area contributed by atoms with Crippen molar-refractivity contribution in [3.8, 4) is 22.8 Å². The van der Waals surface area contributed by atoms with Gasteiger partial charge in [-0.15, -0.1) is 0 Å². The molecule has 0 atom stereocenters. The van der Waals surface area contributed by atoms with Crippen molar-refractivity contribution in [3.05, 3.63) is 57.7 Å². The van der Waals surface area contributed by atoms with Gasteiger partial charge >= 0.3 is 6.16 Å². The second kappa shape index (κ2) is 12.9. The van der Waals surface area contributed by atoms with Crippen LogP contribution in [0, 0.1) is 0 Å². The summed E-state index contributed by atoms with van der Waals surface area (Å²) in [7, 11) is 3.32. The molecule has 1 aromatic heterocycles. The number of carbonyl (C=O) groups excluding carboxylic acids is 1. The number of methoxy groups -OCH3 is 1. The molecule has 0 unspecified atom stereocenters. The van der Waals surface area contributed by atoms with Crippen LogP contribution in [0.3, 0.4) is 0 Å². The van der Waals surface area contributed by atoms with E-state index in [2.05, 4.69) is 16.7 Å². The van der Waals surface area contributed by atoms with Gasteiger partial charge in [0.2, 0.25) is 0 Å². The van der Waals surface area contributed by atoms with Crippen molar-refractivity contribution in [2.45, 2.75) is 33.1 Å². The molecule has 2 aromatic carbocycles. The van der Waals surface area contributed by atoms with Gasteiger partial charge in [0.25, 0.3) is 0 Å². The number of hydrogen-bond acceptors (Lipinski definition) is 7. The zero-order valence-electron chi connectivity index (χ0n) is 19.4. The summed E-state index contributed by atoms with van der Waals surface area (Å²) < 4.78 is 15.0. The van der Waals surface area contributed by atoms with Crippen molar-refractivity contribution < 1.29 is 23.8 Å². The fourth-order valence-electron chi connectivity index (χ4n) is 3.30. The Balaban J connectivity index is 0.000000362. The Kier molecular flexibility index (Phi) is 10.2. The molecule has 1 fully saturated rings. The summed E-state index contributed by atoms with van der Waals surface area (Å²) in [6.45, 7) is 6.64. The van der Waals surface area contributed by atoms with Gasteiger partial charge in [0.15, 0.2) is 11.2 Å². The molecule has 0 amide bonds. The van der Waals surface area contributed by atoms with Gasteiger partial charge in [-0.2, -0.15) is 0 Å². The van der Waals surface area contributed by atoms with Gasteiger partial charge in [-0.3, -0.25) is 4.79 Å². The largest absolute Gasteiger partial charge is 0.513 e. The van der Waals surface area contributed by atoms with Gasteiger partial charge in [0, 0.05) is 23.8 Å². The first kappa shape index (κ1) is 26.2. The van der Waals surface area contributed by atoms with Crippen molar-refractivity contribution in [3.63, 3.8) is 0 Å². The fraction of sp³-hybridized carbons (Fsp3) is 0.360. The van der Waals surface area contributed by atoms with Crippen molar-refractivity contribution in [2.75, 3.05) is 27.2 Å². The number of phenolic OH excluding ortho intramolecular Hbond substituents is 1. The lowest BCUT2D eigenvalue weighted by molar-refractivity contribution is 0.122. The second-order valence-corrected chi connectivity index (χ2v) is 7.60. The van der Waals surface area contributed by atoms with E-state index in [0.717, 1.165) is 13.2 Å². The van der Waals surface area contributed by atoms with E-state index in [1.165, 1.54) is 44.5 Å². The lowest BCUT2D eigenvalue weighted by atomic mass is 10.1. The highest BCUT2D eigenvalue weighted by molar-refractivity contribution is 6.33. The molecule has 3 aromatic rings. The molecule has 0 saturated carbocycles. The first-order valence-corrected chi connectivity index (χ1v) is 11.3. The number of phenols is 1. The van der Waals surface area contributed by atoms with E-state index in [0.29, 0.717) is 10.6 Å². The van der Waals surface area contributed by atoms with Crippen molar-refractivity contribution in [1.29, 1.82) is 0 Å². The van der Waals surface area contributed by atoms with Gasteiger partial charge in [-0.05, 0) is 45.1 Å². The zero-order valence-corrected chi connectivity index (χ0v) is 20.1. The number of carbonyl (C=O) groups is 1. The molecule has 178 valence electrons. The number of aromatic hydroxyl groups is 1. The van der Waals surface area contributed by atoms with Crippen LogP contribution in [0.25, 0.3) is 22.3 Å². The second-order valence-electron chi connectivity index (χ2n) is 7.19. The number of likely N-dealkylation sites (tertiary alicyclic amines) is 1. The summed E-state index contributed by atoms with van der Waals surface area (Å²) in [6.07, 6.45) is 3.26. The molecule has 0 spiro atoms. The van der Waals surface area contributed by atoms with Crippen LogP contribution in [-0.2, 0) is 4.74 Å². The Labute approximate surface area is 198 Å². The minimum absolute atomic E-state index is 0.00834. The van der Waals surface area contributed by atoms with Crippen LogP contribution >= 0.6 is 11.6 Å². The highest BCUT2D eigenvalue weighted by Gasteiger charge is 2.17. The van der Waals surface area contributed by atoms with Crippen LogP contribution in [0.5, 0.6) is 11.5 Å². The molecule has 33 heavy (non-hydrogen) atoms. The number of hydrogen-bond donors (Lipinski definition) is 1. The normalized spacial score (nSPS) is 13.2. The third-order valence-electron chi connectivity index (χ3n) is 4.86. The third kappa shape index (κ3) is 7.23. The van der Waals surface area contributed by atoms with Crippen molar-refractivity contribution in [2.24, 2.45) is 0 Å². The third-order valence-corrected chi connectivity index (χ3v) is 5.19. The fourth-order valence-corrected chi connectivity index (χ4v) is 3.53. The van der Waals surface area contributed by atoms with E-state index in [9.17, 15) is 14.7 Å². The molecule has 1 saturated heterocycles. The zero-order chi connectivity index (χ0) is 24.4. The summed E-state index contributed by atoms with van der Waals surface area (Å²) in [4.78, 5) is 26.2. The summed E-state index contributed by atoms with van der Waals surface area (Å²) in [5.74, 6) is -0.162. The molecular weight excluding hydrogens is 446 g/mol. The topological polar surface area (TPSA) is 89.2 Å². The molecule has 0 aliphatic carbocycles. The van der Waals surface area contributed by atoms with Gasteiger partial charge in [0.1, 0.15) is 22.5 Å². The number of benzene rings is 2. The number of piperidine rings is 1. The summed E-state index contributed by atoms with van der Waals surface area (Å²) >= 11 is 6.12. The van der Waals surface area contributed by atoms with Crippen LogP contribution in [0.2, 0.25) is 5.02 Å². The van der Waals surface area contributed by atoms with E-state index in [4.69, 9.17) is 20.8 Å². The Morgan fingerprint density at radius 1 is 1.09 bits per heavy atom. The van der Waals surface area contributed by atoms with Crippen molar-refractivity contribution >= 4 is 28.7 Å². The van der Waals surface area contributed by atoms with E-state index in [1.54, 1.807) is 24.3 Å². The average Bonchev–Trinajstić information content (AvgIpc) is 2.81. The number of halogens is 1. The molecule has 8 heteroatoms. The number of rotatable bonds is 2. The van der Waals surface area contributed by atoms with Crippen LogP contribution in [0.4, 0.5) is 4.79 Å². The summed E-state index contributed by atoms with van der Waals surface area (Å²) in [5, 5.41) is 10.2. The maximum atomic E-state index is 12.5. The first-order chi connectivity index (χ1) is 15.9. The Bertz CT molecular complexity index is 1120. The molecule has 0 bridgehead atoms. The van der Waals surface area contributed by atoms with Crippen LogP contribution in [0.1, 0.15) is 33.1 Å². The minimum Gasteiger partial charge on any atom is -0.508 e. The standard InChI is InChI=1S/C17H11ClO6.C6H13N.C2H6/c1-22-17(21)24-15-7-9(19)6-14-16(15)12(20)8-13(23-14)10-4-2-3-5-11(10)18;1-7-5-3-2-4-6-7;1-2/h2-8,19H,1H3;2-6H2,1H3;1-2H3. The monoisotopic (exact) mass is 475 g/mol. The van der Waals surface area contributed by atoms with E-state index in [1.807, 2.05) is 13.8 Å². The minimum atomic E-state index is -1.02. The highest BCUT2D eigenvalue weighted by Crippen LogP contribution is 2.33. The Hall–Kier alpha value is -3.03. The average molecular weight is 476 g/mol. The highest BCUT2D eigenvalue weighted by atomic mass is 35.5. The summed E-state index contributed by atoms with van der Waals surface area (Å²) in [5.41, 5.74) is 0.123. The van der Waals surface area contributed by atoms with Gasteiger partial charge in [0.05, 0.1) is 12.1 Å². The van der Waals surface area contributed by atoms with Gasteiger partial charge in [-0.25, -0.2) is 4.79 Å². The predicted octanol–water partition coefficient (Wildman–Crippen LogP) is 6.09. The molecule has 1 aliphatic rings. The molecule has 2 heterocycles. The molecule has 0 radical (unpaired) electrons. The van der Waals surface area contributed by atoms with Crippen LogP contribution in [0.15, 0.2) is 51.7 Å². The maximum absolute atomic E-state index is 12.5. The number of ether oxygens (including phenoxy) is 2. The maximum Gasteiger partial charge on any atom is 0.513 e. The molecule has 7 nitrogen and oxygen atoms in total.